The summed E-state index contributed by atoms with van der Waals surface area (Å²) in [5.41, 5.74) is 6.58. The van der Waals surface area contributed by atoms with Crippen LogP contribution in [0.15, 0.2) is 41.8 Å². The summed E-state index contributed by atoms with van der Waals surface area (Å²) < 4.78 is 20.6. The summed E-state index contributed by atoms with van der Waals surface area (Å²) in [7, 11) is 0. The first-order valence-corrected chi connectivity index (χ1v) is 8.86. The van der Waals surface area contributed by atoms with E-state index < -0.39 is 24.5 Å². The van der Waals surface area contributed by atoms with Gasteiger partial charge in [-0.2, -0.15) is 0 Å². The van der Waals surface area contributed by atoms with Gasteiger partial charge in [0, 0.05) is 10.6 Å². The molecule has 0 unspecified atom stereocenters. The Kier molecular flexibility index (Phi) is 4.49. The first-order chi connectivity index (χ1) is 12.5. The van der Waals surface area contributed by atoms with Crippen LogP contribution < -0.4 is 5.73 Å². The molecule has 4 atom stereocenters. The number of imidazole rings is 1. The third-order valence-corrected chi connectivity index (χ3v) is 5.29. The van der Waals surface area contributed by atoms with E-state index in [4.69, 9.17) is 10.5 Å². The summed E-state index contributed by atoms with van der Waals surface area (Å²) >= 11 is 1.34. The molecule has 10 heteroatoms. The Hall–Kier alpha value is -2.27. The van der Waals surface area contributed by atoms with E-state index in [9.17, 15) is 14.6 Å². The Morgan fingerprint density at radius 2 is 2.08 bits per heavy atom. The first-order valence-electron chi connectivity index (χ1n) is 7.87. The van der Waals surface area contributed by atoms with Crippen LogP contribution in [0.4, 0.5) is 10.2 Å². The van der Waals surface area contributed by atoms with Crippen molar-refractivity contribution in [2.45, 2.75) is 29.4 Å². The fourth-order valence-corrected chi connectivity index (χ4v) is 3.89. The minimum Gasteiger partial charge on any atom is -0.387 e. The Morgan fingerprint density at radius 1 is 1.23 bits per heavy atom. The van der Waals surface area contributed by atoms with Crippen LogP contribution >= 0.6 is 11.8 Å². The molecule has 3 heterocycles. The number of ether oxygens (including phenoxy) is 1. The highest BCUT2D eigenvalue weighted by Gasteiger charge is 2.44. The zero-order valence-electron chi connectivity index (χ0n) is 13.4. The van der Waals surface area contributed by atoms with Crippen molar-refractivity contribution in [3.63, 3.8) is 0 Å². The van der Waals surface area contributed by atoms with Crippen LogP contribution in [-0.2, 0) is 4.74 Å². The fraction of sp³-hybridized carbons (Fsp3) is 0.312. The minimum atomic E-state index is -1.17. The normalized spacial score (nSPS) is 25.8. The van der Waals surface area contributed by atoms with Crippen LogP contribution in [0.1, 0.15) is 6.23 Å². The van der Waals surface area contributed by atoms with Gasteiger partial charge in [-0.1, -0.05) is 6.07 Å². The molecule has 0 spiro atoms. The van der Waals surface area contributed by atoms with Gasteiger partial charge < -0.3 is 20.7 Å². The van der Waals surface area contributed by atoms with Gasteiger partial charge in [-0.25, -0.2) is 19.3 Å². The van der Waals surface area contributed by atoms with Gasteiger partial charge in [0.1, 0.15) is 29.9 Å². The van der Waals surface area contributed by atoms with Gasteiger partial charge in [0.15, 0.2) is 17.7 Å². The second-order valence-electron chi connectivity index (χ2n) is 5.90. The van der Waals surface area contributed by atoms with Crippen molar-refractivity contribution >= 4 is 28.7 Å². The standard InChI is InChI=1S/C16H16FN5O3S/c17-8-2-1-3-9(4-8)26-5-10-12(23)13(24)16(25-10)22-7-21-11-14(18)19-6-20-15(11)22/h1-4,6-7,10,12-13,16,23-24H,5H2,(H2,18,19,20)/t10-,12-,13-,16-/m1/s1. The van der Waals surface area contributed by atoms with Gasteiger partial charge in [-0.15, -0.1) is 11.8 Å². The van der Waals surface area contributed by atoms with Crippen LogP contribution in [-0.4, -0.2) is 53.8 Å². The third kappa shape index (κ3) is 3.01. The number of rotatable bonds is 4. The second-order valence-corrected chi connectivity index (χ2v) is 6.99. The lowest BCUT2D eigenvalue weighted by molar-refractivity contribution is -0.0289. The number of aromatic nitrogens is 4. The Balaban J connectivity index is 1.53. The van der Waals surface area contributed by atoms with Crippen molar-refractivity contribution in [2.24, 2.45) is 0 Å². The third-order valence-electron chi connectivity index (χ3n) is 4.21. The van der Waals surface area contributed by atoms with Crippen molar-refractivity contribution < 1.29 is 19.3 Å². The quantitative estimate of drug-likeness (QED) is 0.575. The number of thioether (sulfide) groups is 1. The second kappa shape index (κ2) is 6.80. The van der Waals surface area contributed by atoms with Gasteiger partial charge in [0.25, 0.3) is 0 Å². The number of aliphatic hydroxyl groups excluding tert-OH is 2. The maximum atomic E-state index is 13.3. The van der Waals surface area contributed by atoms with Crippen molar-refractivity contribution in [3.05, 3.63) is 42.7 Å². The van der Waals surface area contributed by atoms with E-state index in [1.54, 1.807) is 12.1 Å². The molecule has 1 aliphatic heterocycles. The summed E-state index contributed by atoms with van der Waals surface area (Å²) in [6.45, 7) is 0. The van der Waals surface area contributed by atoms with Crippen LogP contribution in [0, 0.1) is 5.82 Å². The Morgan fingerprint density at radius 3 is 2.88 bits per heavy atom. The number of nitrogens with zero attached hydrogens (tertiary/aromatic N) is 4. The lowest BCUT2D eigenvalue weighted by Crippen LogP contribution is -2.32. The lowest BCUT2D eigenvalue weighted by Gasteiger charge is -2.16. The molecule has 136 valence electrons. The molecule has 1 saturated heterocycles. The number of halogens is 1. The van der Waals surface area contributed by atoms with E-state index in [-0.39, 0.29) is 11.6 Å². The van der Waals surface area contributed by atoms with Crippen molar-refractivity contribution in [3.8, 4) is 0 Å². The largest absolute Gasteiger partial charge is 0.387 e. The van der Waals surface area contributed by atoms with Crippen LogP contribution in [0.25, 0.3) is 11.2 Å². The highest BCUT2D eigenvalue weighted by molar-refractivity contribution is 7.99. The predicted molar refractivity (Wildman–Crippen MR) is 92.8 cm³/mol. The Bertz CT molecular complexity index is 939. The number of nitrogen functional groups attached to an aromatic ring is 1. The minimum absolute atomic E-state index is 0.222. The smallest absolute Gasteiger partial charge is 0.167 e. The molecule has 0 radical (unpaired) electrons. The molecule has 4 N–H and O–H groups in total. The highest BCUT2D eigenvalue weighted by Crippen LogP contribution is 2.34. The molecule has 0 bridgehead atoms. The molecule has 0 aliphatic carbocycles. The fourth-order valence-electron chi connectivity index (χ4n) is 2.89. The number of nitrogens with two attached hydrogens (primary N) is 1. The predicted octanol–water partition coefficient (Wildman–Crippen LogP) is 0.959. The van der Waals surface area contributed by atoms with Crippen LogP contribution in [0.3, 0.4) is 0 Å². The van der Waals surface area contributed by atoms with Crippen molar-refractivity contribution in [2.75, 3.05) is 11.5 Å². The monoisotopic (exact) mass is 377 g/mol. The van der Waals surface area contributed by atoms with E-state index in [0.29, 0.717) is 21.8 Å². The van der Waals surface area contributed by atoms with E-state index >= 15 is 0 Å². The van der Waals surface area contributed by atoms with Gasteiger partial charge in [0.05, 0.1) is 12.4 Å². The molecule has 2 aromatic heterocycles. The van der Waals surface area contributed by atoms with E-state index in [2.05, 4.69) is 15.0 Å². The number of anilines is 1. The number of benzene rings is 1. The van der Waals surface area contributed by atoms with Gasteiger partial charge in [0.2, 0.25) is 0 Å². The van der Waals surface area contributed by atoms with E-state index in [1.165, 1.54) is 41.1 Å². The van der Waals surface area contributed by atoms with Crippen LogP contribution in [0.5, 0.6) is 0 Å². The van der Waals surface area contributed by atoms with Gasteiger partial charge in [-0.3, -0.25) is 4.57 Å². The molecule has 8 nitrogen and oxygen atoms in total. The summed E-state index contributed by atoms with van der Waals surface area (Å²) in [6.07, 6.45) is -1.02. The SMILES string of the molecule is Nc1ncnc2c1ncn2[C@@H]1O[C@H](CSc2cccc(F)c2)[C@@H](O)[C@H]1O. The number of fused-ring (bicyclic) bond motifs is 1. The maximum Gasteiger partial charge on any atom is 0.167 e. The zero-order valence-corrected chi connectivity index (χ0v) is 14.3. The Labute approximate surface area is 151 Å². The molecular weight excluding hydrogens is 361 g/mol. The van der Waals surface area contributed by atoms with Crippen molar-refractivity contribution in [1.82, 2.24) is 19.5 Å². The van der Waals surface area contributed by atoms with E-state index in [1.807, 2.05) is 0 Å². The molecule has 4 rings (SSSR count). The first kappa shape index (κ1) is 17.2. The number of aliphatic hydroxyl groups is 2. The maximum absolute atomic E-state index is 13.3. The molecule has 1 aliphatic rings. The topological polar surface area (TPSA) is 119 Å². The summed E-state index contributed by atoms with van der Waals surface area (Å²) in [4.78, 5) is 12.9. The van der Waals surface area contributed by atoms with E-state index in [0.717, 1.165) is 0 Å². The number of hydrogen-bond acceptors (Lipinski definition) is 8. The summed E-state index contributed by atoms with van der Waals surface area (Å²) in [6, 6.07) is 6.15. The average molecular weight is 377 g/mol. The molecule has 0 amide bonds. The molecule has 0 saturated carbocycles. The van der Waals surface area contributed by atoms with Gasteiger partial charge >= 0.3 is 0 Å². The highest BCUT2D eigenvalue weighted by atomic mass is 32.2. The van der Waals surface area contributed by atoms with Crippen molar-refractivity contribution in [1.29, 1.82) is 0 Å². The molecule has 26 heavy (non-hydrogen) atoms. The molecular formula is C16H16FN5O3S. The zero-order chi connectivity index (χ0) is 18.3. The molecule has 1 aromatic carbocycles. The molecule has 3 aromatic rings. The average Bonchev–Trinajstić information content (AvgIpc) is 3.17. The van der Waals surface area contributed by atoms with Crippen LogP contribution in [0.2, 0.25) is 0 Å². The number of hydrogen-bond donors (Lipinski definition) is 3. The molecule has 1 fully saturated rings. The lowest BCUT2D eigenvalue weighted by atomic mass is 10.1. The summed E-state index contributed by atoms with van der Waals surface area (Å²) in [5.74, 6) is 0.241. The van der Waals surface area contributed by atoms with Gasteiger partial charge in [-0.05, 0) is 18.2 Å². The summed E-state index contributed by atoms with van der Waals surface area (Å²) in [5, 5.41) is 20.7.